The van der Waals surface area contributed by atoms with E-state index in [4.69, 9.17) is 0 Å². The van der Waals surface area contributed by atoms with Crippen molar-refractivity contribution in [1.29, 1.82) is 0 Å². The summed E-state index contributed by atoms with van der Waals surface area (Å²) in [5.74, 6) is -0.187. The first-order chi connectivity index (χ1) is 12.1. The van der Waals surface area contributed by atoms with Crippen molar-refractivity contribution >= 4 is 38.3 Å². The minimum atomic E-state index is -0.381. The molecule has 0 amide bonds. The maximum absolute atomic E-state index is 12.7. The second-order valence-electron chi connectivity index (χ2n) is 5.51. The molecule has 25 heavy (non-hydrogen) atoms. The lowest BCUT2D eigenvalue weighted by molar-refractivity contribution is 0.0991. The lowest BCUT2D eigenvalue weighted by atomic mass is 10.1. The molecule has 0 unspecified atom stereocenters. The molecule has 0 aliphatic rings. The van der Waals surface area contributed by atoms with Gasteiger partial charge in [0, 0.05) is 15.4 Å². The van der Waals surface area contributed by atoms with E-state index in [9.17, 15) is 9.59 Å². The van der Waals surface area contributed by atoms with Crippen LogP contribution in [0.2, 0.25) is 0 Å². The van der Waals surface area contributed by atoms with E-state index in [1.165, 1.54) is 10.7 Å². The van der Waals surface area contributed by atoms with Gasteiger partial charge in [0.05, 0.1) is 11.9 Å². The molecule has 0 atom stereocenters. The number of Topliss-reactive ketones (excluding diaryl/α,β-unsaturated/α-hetero) is 1. The van der Waals surface area contributed by atoms with E-state index in [0.717, 1.165) is 15.4 Å². The Kier molecular flexibility index (Phi) is 3.85. The maximum atomic E-state index is 12.7. The van der Waals surface area contributed by atoms with Crippen molar-refractivity contribution < 1.29 is 4.79 Å². The monoisotopic (exact) mass is 394 g/mol. The molecule has 0 saturated carbocycles. The van der Waals surface area contributed by atoms with Crippen LogP contribution in [0, 0.1) is 0 Å². The van der Waals surface area contributed by atoms with Crippen molar-refractivity contribution in [2.45, 2.75) is 6.42 Å². The van der Waals surface area contributed by atoms with E-state index in [1.54, 1.807) is 24.3 Å². The summed E-state index contributed by atoms with van der Waals surface area (Å²) in [5.41, 5.74) is 1.40. The second kappa shape index (κ2) is 6.18. The van der Waals surface area contributed by atoms with Crippen LogP contribution in [-0.2, 0) is 6.42 Å². The Bertz CT molecular complexity index is 1170. The summed E-state index contributed by atoms with van der Waals surface area (Å²) in [5, 5.41) is 8.88. The molecule has 2 aromatic heterocycles. The Morgan fingerprint density at radius 2 is 1.80 bits per heavy atom. The number of rotatable bonds is 3. The van der Waals surface area contributed by atoms with Crippen LogP contribution in [0.4, 0.5) is 0 Å². The molecule has 0 N–H and O–H groups in total. The number of aromatic nitrogens is 4. The summed E-state index contributed by atoms with van der Waals surface area (Å²) in [6, 6.07) is 14.3. The Hall–Kier alpha value is -2.93. The Labute approximate surface area is 150 Å². The standard InChI is InChI=1S/C18H11BrN4O2/c19-12-7-5-11(6-8-12)16(24)9-15-18(25)23-10-20-14-4-2-1-3-13(14)17(23)22-21-15/h1-8,10H,9H2. The van der Waals surface area contributed by atoms with Gasteiger partial charge >= 0.3 is 0 Å². The highest BCUT2D eigenvalue weighted by Crippen LogP contribution is 2.15. The molecule has 2 heterocycles. The zero-order valence-corrected chi connectivity index (χ0v) is 14.5. The van der Waals surface area contributed by atoms with Crippen LogP contribution in [0.5, 0.6) is 0 Å². The summed E-state index contributed by atoms with van der Waals surface area (Å²) in [6.45, 7) is 0. The molecule has 2 aromatic carbocycles. The fraction of sp³-hybridized carbons (Fsp3) is 0.0556. The highest BCUT2D eigenvalue weighted by Gasteiger charge is 2.14. The Balaban J connectivity index is 1.77. The van der Waals surface area contributed by atoms with Gasteiger partial charge in [-0.25, -0.2) is 9.38 Å². The molecule has 4 aromatic rings. The van der Waals surface area contributed by atoms with Crippen molar-refractivity contribution in [3.05, 3.63) is 80.9 Å². The van der Waals surface area contributed by atoms with E-state index >= 15 is 0 Å². The first kappa shape index (κ1) is 15.6. The number of nitrogens with zero attached hydrogens (tertiary/aromatic N) is 4. The number of halogens is 1. The number of hydrogen-bond donors (Lipinski definition) is 0. The van der Waals surface area contributed by atoms with Crippen LogP contribution < -0.4 is 5.56 Å². The summed E-state index contributed by atoms with van der Waals surface area (Å²) in [4.78, 5) is 29.3. The van der Waals surface area contributed by atoms with Gasteiger partial charge in [-0.2, -0.15) is 0 Å². The molecular weight excluding hydrogens is 384 g/mol. The Morgan fingerprint density at radius 1 is 1.04 bits per heavy atom. The molecule has 0 saturated heterocycles. The fourth-order valence-electron chi connectivity index (χ4n) is 2.62. The Morgan fingerprint density at radius 3 is 2.60 bits per heavy atom. The van der Waals surface area contributed by atoms with Crippen molar-refractivity contribution in [1.82, 2.24) is 19.6 Å². The molecule has 0 radical (unpaired) electrons. The molecule has 4 rings (SSSR count). The van der Waals surface area contributed by atoms with E-state index < -0.39 is 0 Å². The smallest absolute Gasteiger partial charge is 0.281 e. The molecular formula is C18H11BrN4O2. The van der Waals surface area contributed by atoms with E-state index in [0.29, 0.717) is 11.2 Å². The van der Waals surface area contributed by atoms with E-state index in [1.807, 2.05) is 24.3 Å². The predicted molar refractivity (Wildman–Crippen MR) is 96.7 cm³/mol. The summed E-state index contributed by atoms with van der Waals surface area (Å²) in [7, 11) is 0. The van der Waals surface area contributed by atoms with Crippen LogP contribution in [0.3, 0.4) is 0 Å². The quantitative estimate of drug-likeness (QED) is 0.394. The number of carbonyl (C=O) groups excluding carboxylic acids is 1. The van der Waals surface area contributed by atoms with Crippen molar-refractivity contribution in [2.24, 2.45) is 0 Å². The third kappa shape index (κ3) is 2.83. The molecule has 0 spiro atoms. The normalized spacial score (nSPS) is 11.1. The first-order valence-electron chi connectivity index (χ1n) is 7.54. The maximum Gasteiger partial charge on any atom is 0.281 e. The third-order valence-corrected chi connectivity index (χ3v) is 4.44. The number of fused-ring (bicyclic) bond motifs is 3. The number of hydrogen-bond acceptors (Lipinski definition) is 5. The van der Waals surface area contributed by atoms with Crippen molar-refractivity contribution in [3.8, 4) is 0 Å². The summed E-state index contributed by atoms with van der Waals surface area (Å²) < 4.78 is 2.21. The number of benzene rings is 2. The van der Waals surface area contributed by atoms with Gasteiger partial charge in [-0.1, -0.05) is 40.2 Å². The zero-order valence-electron chi connectivity index (χ0n) is 12.9. The molecule has 0 bridgehead atoms. The minimum absolute atomic E-state index is 0.0995. The number of carbonyl (C=O) groups is 1. The minimum Gasteiger partial charge on any atom is -0.294 e. The molecule has 0 aliphatic carbocycles. The topological polar surface area (TPSA) is 77.2 Å². The van der Waals surface area contributed by atoms with Gasteiger partial charge in [0.25, 0.3) is 5.56 Å². The molecule has 0 fully saturated rings. The molecule has 6 nitrogen and oxygen atoms in total. The summed E-state index contributed by atoms with van der Waals surface area (Å²) in [6.07, 6.45) is 1.31. The van der Waals surface area contributed by atoms with E-state index in [-0.39, 0.29) is 23.5 Å². The van der Waals surface area contributed by atoms with Gasteiger partial charge in [0.2, 0.25) is 0 Å². The lowest BCUT2D eigenvalue weighted by Crippen LogP contribution is -2.24. The second-order valence-corrected chi connectivity index (χ2v) is 6.43. The fourth-order valence-corrected chi connectivity index (χ4v) is 2.89. The van der Waals surface area contributed by atoms with Gasteiger partial charge in [-0.15, -0.1) is 10.2 Å². The van der Waals surface area contributed by atoms with Crippen LogP contribution in [0.15, 0.2) is 64.1 Å². The average molecular weight is 395 g/mol. The third-order valence-electron chi connectivity index (χ3n) is 3.91. The molecule has 122 valence electrons. The molecule has 0 aliphatic heterocycles. The lowest BCUT2D eigenvalue weighted by Gasteiger charge is -2.05. The van der Waals surface area contributed by atoms with Gasteiger partial charge < -0.3 is 0 Å². The molecule has 7 heteroatoms. The van der Waals surface area contributed by atoms with Gasteiger partial charge in [0.15, 0.2) is 11.4 Å². The van der Waals surface area contributed by atoms with E-state index in [2.05, 4.69) is 31.1 Å². The zero-order chi connectivity index (χ0) is 17.4. The average Bonchev–Trinajstić information content (AvgIpc) is 2.64. The van der Waals surface area contributed by atoms with Crippen molar-refractivity contribution in [3.63, 3.8) is 0 Å². The summed E-state index contributed by atoms with van der Waals surface area (Å²) >= 11 is 3.33. The number of ketones is 1. The van der Waals surface area contributed by atoms with Crippen LogP contribution in [0.1, 0.15) is 16.1 Å². The van der Waals surface area contributed by atoms with Gasteiger partial charge in [0.1, 0.15) is 12.0 Å². The first-order valence-corrected chi connectivity index (χ1v) is 8.33. The van der Waals surface area contributed by atoms with Crippen LogP contribution in [0.25, 0.3) is 16.6 Å². The predicted octanol–water partition coefficient (Wildman–Crippen LogP) is 2.83. The largest absolute Gasteiger partial charge is 0.294 e. The van der Waals surface area contributed by atoms with Gasteiger partial charge in [-0.3, -0.25) is 9.59 Å². The van der Waals surface area contributed by atoms with Crippen LogP contribution in [-0.4, -0.2) is 25.4 Å². The van der Waals surface area contributed by atoms with Crippen molar-refractivity contribution in [2.75, 3.05) is 0 Å². The highest BCUT2D eigenvalue weighted by molar-refractivity contribution is 9.10. The number of para-hydroxylation sites is 1. The van der Waals surface area contributed by atoms with Gasteiger partial charge in [-0.05, 0) is 24.3 Å². The highest BCUT2D eigenvalue weighted by atomic mass is 79.9. The SMILES string of the molecule is O=C(Cc1nnc2c3ccccc3ncn2c1=O)c1ccc(Br)cc1. The van der Waals surface area contributed by atoms with Crippen LogP contribution >= 0.6 is 15.9 Å².